The summed E-state index contributed by atoms with van der Waals surface area (Å²) in [6.07, 6.45) is 1.63. The van der Waals surface area contributed by atoms with E-state index in [1.54, 1.807) is 4.90 Å². The minimum atomic E-state index is -4.47. The molecule has 4 rings (SSSR count). The van der Waals surface area contributed by atoms with Crippen molar-refractivity contribution in [1.29, 1.82) is 0 Å². The Morgan fingerprint density at radius 1 is 1.00 bits per heavy atom. The summed E-state index contributed by atoms with van der Waals surface area (Å²) >= 11 is 0. The minimum absolute atomic E-state index is 0.166. The van der Waals surface area contributed by atoms with Gasteiger partial charge in [-0.2, -0.15) is 0 Å². The molecule has 176 valence electrons. The van der Waals surface area contributed by atoms with Gasteiger partial charge in [0.2, 0.25) is 0 Å². The molecule has 0 atom stereocenters. The van der Waals surface area contributed by atoms with Gasteiger partial charge < -0.3 is 9.64 Å². The van der Waals surface area contributed by atoms with Gasteiger partial charge >= 0.3 is 5.97 Å². The van der Waals surface area contributed by atoms with Crippen molar-refractivity contribution in [3.05, 3.63) is 89.5 Å². The van der Waals surface area contributed by atoms with Crippen LogP contribution in [0.4, 0.5) is 20.2 Å². The van der Waals surface area contributed by atoms with Crippen molar-refractivity contribution in [2.45, 2.75) is 17.7 Å². The smallest absolute Gasteiger partial charge is 0.340 e. The second kappa shape index (κ2) is 9.60. The van der Waals surface area contributed by atoms with Crippen molar-refractivity contribution in [3.8, 4) is 0 Å². The molecule has 1 aliphatic rings. The van der Waals surface area contributed by atoms with Gasteiger partial charge in [-0.25, -0.2) is 22.0 Å². The predicted octanol–water partition coefficient (Wildman–Crippen LogP) is 3.90. The molecule has 0 bridgehead atoms. The van der Waals surface area contributed by atoms with Gasteiger partial charge in [-0.05, 0) is 48.7 Å². The third-order valence-electron chi connectivity index (χ3n) is 5.31. The van der Waals surface area contributed by atoms with Crippen LogP contribution in [0, 0.1) is 11.6 Å². The van der Waals surface area contributed by atoms with Gasteiger partial charge in [0.1, 0.15) is 16.5 Å². The van der Waals surface area contributed by atoms with Gasteiger partial charge in [-0.3, -0.25) is 9.52 Å². The van der Waals surface area contributed by atoms with Crippen molar-refractivity contribution < 1.29 is 31.5 Å². The zero-order valence-corrected chi connectivity index (χ0v) is 18.6. The maximum absolute atomic E-state index is 14.0. The van der Waals surface area contributed by atoms with Crippen LogP contribution < -0.4 is 9.62 Å². The Bertz CT molecular complexity index is 1360. The highest BCUT2D eigenvalue weighted by Crippen LogP contribution is 2.27. The number of carbonyl (C=O) groups is 2. The molecule has 0 unspecified atom stereocenters. The van der Waals surface area contributed by atoms with Crippen molar-refractivity contribution in [1.82, 2.24) is 0 Å². The van der Waals surface area contributed by atoms with E-state index >= 15 is 0 Å². The van der Waals surface area contributed by atoms with E-state index < -0.39 is 45.0 Å². The third-order valence-corrected chi connectivity index (χ3v) is 6.71. The number of fused-ring (bicyclic) bond motifs is 1. The first-order valence-electron chi connectivity index (χ1n) is 10.4. The number of para-hydroxylation sites is 2. The Morgan fingerprint density at radius 3 is 2.53 bits per heavy atom. The van der Waals surface area contributed by atoms with E-state index in [4.69, 9.17) is 4.74 Å². The van der Waals surface area contributed by atoms with Gasteiger partial charge in [0.25, 0.3) is 15.9 Å². The normalized spacial score (nSPS) is 13.2. The third kappa shape index (κ3) is 4.91. The number of ether oxygens (including phenoxy) is 1. The summed E-state index contributed by atoms with van der Waals surface area (Å²) in [7, 11) is -4.47. The molecule has 1 heterocycles. The number of anilines is 2. The number of benzene rings is 3. The molecule has 10 heteroatoms. The lowest BCUT2D eigenvalue weighted by atomic mass is 10.0. The quantitative estimate of drug-likeness (QED) is 0.534. The zero-order chi connectivity index (χ0) is 24.3. The summed E-state index contributed by atoms with van der Waals surface area (Å²) in [6, 6.07) is 15.1. The van der Waals surface area contributed by atoms with Gasteiger partial charge in [0.15, 0.2) is 6.61 Å². The highest BCUT2D eigenvalue weighted by molar-refractivity contribution is 7.92. The van der Waals surface area contributed by atoms with Gasteiger partial charge in [0.05, 0.1) is 11.3 Å². The summed E-state index contributed by atoms with van der Waals surface area (Å²) in [5.41, 5.74) is 1.46. The Morgan fingerprint density at radius 2 is 1.74 bits per heavy atom. The number of hydrogen-bond acceptors (Lipinski definition) is 5. The number of aryl methyl sites for hydroxylation is 1. The highest BCUT2D eigenvalue weighted by Gasteiger charge is 2.25. The van der Waals surface area contributed by atoms with E-state index in [1.807, 2.05) is 24.3 Å². The van der Waals surface area contributed by atoms with Gasteiger partial charge in [0, 0.05) is 18.3 Å². The van der Waals surface area contributed by atoms with Crippen LogP contribution in [0.1, 0.15) is 22.3 Å². The number of esters is 1. The largest absolute Gasteiger partial charge is 0.452 e. The first-order valence-corrected chi connectivity index (χ1v) is 11.9. The van der Waals surface area contributed by atoms with Gasteiger partial charge in [-0.1, -0.05) is 30.3 Å². The highest BCUT2D eigenvalue weighted by atomic mass is 32.2. The van der Waals surface area contributed by atoms with Crippen LogP contribution in [0.2, 0.25) is 0 Å². The van der Waals surface area contributed by atoms with Crippen molar-refractivity contribution in [3.63, 3.8) is 0 Å². The fraction of sp³-hybridized carbons (Fsp3) is 0.167. The number of amides is 1. The zero-order valence-electron chi connectivity index (χ0n) is 17.8. The topological polar surface area (TPSA) is 92.8 Å². The number of nitrogens with one attached hydrogen (secondary N) is 1. The van der Waals surface area contributed by atoms with E-state index in [1.165, 1.54) is 24.3 Å². The Labute approximate surface area is 195 Å². The Balaban J connectivity index is 1.49. The van der Waals surface area contributed by atoms with Crippen LogP contribution in [-0.4, -0.2) is 33.4 Å². The maximum Gasteiger partial charge on any atom is 0.340 e. The summed E-state index contributed by atoms with van der Waals surface area (Å²) in [5.74, 6) is -3.55. The number of sulfonamides is 1. The molecule has 0 spiro atoms. The lowest BCUT2D eigenvalue weighted by Crippen LogP contribution is -2.38. The van der Waals surface area contributed by atoms with Crippen LogP contribution in [0.15, 0.2) is 71.6 Å². The first kappa shape index (κ1) is 23.4. The average Bonchev–Trinajstić information content (AvgIpc) is 2.81. The molecule has 7 nitrogen and oxygen atoms in total. The monoisotopic (exact) mass is 486 g/mol. The number of hydrogen-bond donors (Lipinski definition) is 1. The van der Waals surface area contributed by atoms with Crippen LogP contribution in [0.5, 0.6) is 0 Å². The SMILES string of the molecule is O=C(OCC(=O)N1CCCc2ccccc21)c1ccccc1NS(=O)(=O)c1ccc(F)cc1F. The molecule has 3 aromatic rings. The molecule has 0 radical (unpaired) electrons. The fourth-order valence-electron chi connectivity index (χ4n) is 3.72. The molecule has 0 saturated carbocycles. The van der Waals surface area contributed by atoms with Crippen molar-refractivity contribution in [2.75, 3.05) is 22.8 Å². The number of carbonyl (C=O) groups excluding carboxylic acids is 2. The number of halogens is 2. The van der Waals surface area contributed by atoms with E-state index in [-0.39, 0.29) is 11.3 Å². The second-order valence-corrected chi connectivity index (χ2v) is 9.23. The molecule has 0 aliphatic carbocycles. The lowest BCUT2D eigenvalue weighted by Gasteiger charge is -2.29. The number of rotatable bonds is 6. The summed E-state index contributed by atoms with van der Waals surface area (Å²) in [4.78, 5) is 26.2. The Kier molecular flexibility index (Phi) is 6.60. The van der Waals surface area contributed by atoms with Crippen molar-refractivity contribution in [2.24, 2.45) is 0 Å². The molecule has 1 N–H and O–H groups in total. The molecule has 0 saturated heterocycles. The first-order chi connectivity index (χ1) is 16.3. The minimum Gasteiger partial charge on any atom is -0.452 e. The van der Waals surface area contributed by atoms with E-state index in [0.29, 0.717) is 12.6 Å². The van der Waals surface area contributed by atoms with E-state index in [0.717, 1.165) is 36.2 Å². The molecular weight excluding hydrogens is 466 g/mol. The summed E-state index contributed by atoms with van der Waals surface area (Å²) < 4.78 is 59.7. The molecule has 1 aliphatic heterocycles. The number of nitrogens with zero attached hydrogens (tertiary/aromatic N) is 1. The molecule has 34 heavy (non-hydrogen) atoms. The lowest BCUT2D eigenvalue weighted by molar-refractivity contribution is -0.121. The van der Waals surface area contributed by atoms with E-state index in [9.17, 15) is 26.8 Å². The molecule has 1 amide bonds. The molecule has 3 aromatic carbocycles. The van der Waals surface area contributed by atoms with Crippen LogP contribution in [-0.2, 0) is 26.0 Å². The summed E-state index contributed by atoms with van der Waals surface area (Å²) in [6.45, 7) is -0.0478. The fourth-order valence-corrected chi connectivity index (χ4v) is 4.86. The van der Waals surface area contributed by atoms with Crippen LogP contribution in [0.25, 0.3) is 0 Å². The van der Waals surface area contributed by atoms with E-state index in [2.05, 4.69) is 4.72 Å². The molecule has 0 fully saturated rings. The van der Waals surface area contributed by atoms with Crippen LogP contribution in [0.3, 0.4) is 0 Å². The standard InChI is InChI=1S/C24H20F2N2O5S/c25-17-11-12-22(19(26)14-17)34(31,32)27-20-9-3-2-8-18(20)24(30)33-15-23(29)28-13-5-7-16-6-1-4-10-21(16)28/h1-4,6,8-12,14,27H,5,7,13,15H2. The molecular formula is C24H20F2N2O5S. The predicted molar refractivity (Wildman–Crippen MR) is 121 cm³/mol. The summed E-state index contributed by atoms with van der Waals surface area (Å²) in [5, 5.41) is 0. The second-order valence-electron chi connectivity index (χ2n) is 7.58. The Hall–Kier alpha value is -3.79. The molecule has 0 aromatic heterocycles. The maximum atomic E-state index is 14.0. The van der Waals surface area contributed by atoms with Crippen molar-refractivity contribution >= 4 is 33.3 Å². The average molecular weight is 486 g/mol. The van der Waals surface area contributed by atoms with Gasteiger partial charge in [-0.15, -0.1) is 0 Å². The van der Waals surface area contributed by atoms with Crippen LogP contribution >= 0.6 is 0 Å².